The number of phenols is 1. The van der Waals surface area contributed by atoms with Crippen LogP contribution in [0, 0.1) is 5.92 Å². The molecule has 2 aliphatic rings. The number of piperidine rings is 1. The number of carbonyl (C=O) groups is 1. The van der Waals surface area contributed by atoms with Crippen LogP contribution in [0.1, 0.15) is 36.5 Å². The van der Waals surface area contributed by atoms with Crippen molar-refractivity contribution in [3.8, 4) is 5.75 Å². The first-order valence-corrected chi connectivity index (χ1v) is 7.30. The van der Waals surface area contributed by atoms with Gasteiger partial charge in [-0.15, -0.1) is 0 Å². The minimum absolute atomic E-state index is 0.0345. The van der Waals surface area contributed by atoms with E-state index >= 15 is 0 Å². The Hall–Kier alpha value is -1.55. The lowest BCUT2D eigenvalue weighted by molar-refractivity contribution is -0.0449. The quantitative estimate of drug-likeness (QED) is 0.856. The average Bonchev–Trinajstić information content (AvgIpc) is 2.79. The van der Waals surface area contributed by atoms with Crippen molar-refractivity contribution in [3.05, 3.63) is 29.8 Å². The zero-order valence-corrected chi connectivity index (χ0v) is 11.8. The van der Waals surface area contributed by atoms with Crippen LogP contribution < -0.4 is 0 Å². The molecule has 2 fully saturated rings. The molecule has 3 rings (SSSR count). The molecule has 2 atom stereocenters. The molecule has 1 spiro atoms. The van der Waals surface area contributed by atoms with Crippen LogP contribution in [0.3, 0.4) is 0 Å². The Balaban J connectivity index is 1.73. The number of ether oxygens (including phenoxy) is 1. The third kappa shape index (κ3) is 2.52. The van der Waals surface area contributed by atoms with Crippen molar-refractivity contribution in [1.29, 1.82) is 0 Å². The van der Waals surface area contributed by atoms with Crippen molar-refractivity contribution in [2.75, 3.05) is 19.7 Å². The van der Waals surface area contributed by atoms with Gasteiger partial charge < -0.3 is 14.7 Å². The number of rotatable bonds is 1. The highest BCUT2D eigenvalue weighted by Gasteiger charge is 2.43. The van der Waals surface area contributed by atoms with Gasteiger partial charge >= 0.3 is 0 Å². The molecule has 1 N–H and O–H groups in total. The van der Waals surface area contributed by atoms with Gasteiger partial charge in [0.15, 0.2) is 0 Å². The van der Waals surface area contributed by atoms with Crippen LogP contribution in [-0.4, -0.2) is 41.2 Å². The van der Waals surface area contributed by atoms with Crippen molar-refractivity contribution >= 4 is 5.91 Å². The predicted octanol–water partition coefficient (Wildman–Crippen LogP) is 2.42. The number of likely N-dealkylation sites (tertiary alicyclic amines) is 1. The van der Waals surface area contributed by atoms with Gasteiger partial charge in [-0.25, -0.2) is 0 Å². The molecule has 2 heterocycles. The zero-order valence-electron chi connectivity index (χ0n) is 11.8. The number of amides is 1. The second-order valence-corrected chi connectivity index (χ2v) is 6.18. The number of carbonyl (C=O) groups excluding carboxylic acids is 1. The number of aromatic hydroxyl groups is 1. The highest BCUT2D eigenvalue weighted by molar-refractivity contribution is 5.94. The highest BCUT2D eigenvalue weighted by atomic mass is 16.5. The fourth-order valence-electron chi connectivity index (χ4n) is 3.41. The first-order valence-electron chi connectivity index (χ1n) is 7.30. The normalized spacial score (nSPS) is 29.9. The Labute approximate surface area is 119 Å². The van der Waals surface area contributed by atoms with Crippen LogP contribution in [0.4, 0.5) is 0 Å². The third-order valence-electron chi connectivity index (χ3n) is 4.34. The molecule has 108 valence electrons. The Morgan fingerprint density at radius 1 is 1.40 bits per heavy atom. The molecule has 0 radical (unpaired) electrons. The van der Waals surface area contributed by atoms with E-state index in [4.69, 9.17) is 4.74 Å². The molecule has 2 aliphatic heterocycles. The Kier molecular flexibility index (Phi) is 3.42. The number of hydrogen-bond acceptors (Lipinski definition) is 3. The van der Waals surface area contributed by atoms with Gasteiger partial charge in [-0.3, -0.25) is 4.79 Å². The molecular formula is C16H21NO3. The summed E-state index contributed by atoms with van der Waals surface area (Å²) in [5.41, 5.74) is 0.510. The molecule has 2 saturated heterocycles. The van der Waals surface area contributed by atoms with Gasteiger partial charge in [0.1, 0.15) is 5.75 Å². The highest BCUT2D eigenvalue weighted by Crippen LogP contribution is 2.37. The lowest BCUT2D eigenvalue weighted by atomic mass is 9.87. The molecule has 0 saturated carbocycles. The SMILES string of the molecule is CC1COC2(CCCN(C(=O)c3ccc(O)cc3)C2)C1. The molecule has 0 bridgehead atoms. The van der Waals surface area contributed by atoms with E-state index in [1.807, 2.05) is 4.90 Å². The summed E-state index contributed by atoms with van der Waals surface area (Å²) in [4.78, 5) is 14.4. The minimum atomic E-state index is -0.121. The first-order chi connectivity index (χ1) is 9.58. The fourth-order valence-corrected chi connectivity index (χ4v) is 3.41. The molecule has 1 aromatic rings. The smallest absolute Gasteiger partial charge is 0.253 e. The Morgan fingerprint density at radius 3 is 2.80 bits per heavy atom. The number of hydrogen-bond donors (Lipinski definition) is 1. The molecule has 20 heavy (non-hydrogen) atoms. The maximum Gasteiger partial charge on any atom is 0.253 e. The van der Waals surface area contributed by atoms with E-state index < -0.39 is 0 Å². The summed E-state index contributed by atoms with van der Waals surface area (Å²) in [6.45, 7) is 4.49. The third-order valence-corrected chi connectivity index (χ3v) is 4.34. The topological polar surface area (TPSA) is 49.8 Å². The molecule has 0 aromatic heterocycles. The summed E-state index contributed by atoms with van der Waals surface area (Å²) in [5, 5.41) is 9.30. The van der Waals surface area contributed by atoms with Crippen LogP contribution in [0.25, 0.3) is 0 Å². The summed E-state index contributed by atoms with van der Waals surface area (Å²) in [6, 6.07) is 6.47. The molecule has 0 aliphatic carbocycles. The number of phenolic OH excluding ortho intramolecular Hbond substituents is 1. The van der Waals surface area contributed by atoms with E-state index in [1.54, 1.807) is 24.3 Å². The largest absolute Gasteiger partial charge is 0.508 e. The van der Waals surface area contributed by atoms with Gasteiger partial charge in [0.2, 0.25) is 0 Å². The summed E-state index contributed by atoms with van der Waals surface area (Å²) in [7, 11) is 0. The molecule has 1 amide bonds. The fraction of sp³-hybridized carbons (Fsp3) is 0.562. The van der Waals surface area contributed by atoms with Crippen LogP contribution in [0.2, 0.25) is 0 Å². The van der Waals surface area contributed by atoms with Crippen LogP contribution in [-0.2, 0) is 4.74 Å². The monoisotopic (exact) mass is 275 g/mol. The summed E-state index contributed by atoms with van der Waals surface area (Å²) >= 11 is 0. The van der Waals surface area contributed by atoms with E-state index in [2.05, 4.69) is 6.92 Å². The first kappa shape index (κ1) is 13.4. The summed E-state index contributed by atoms with van der Waals surface area (Å²) in [5.74, 6) is 0.801. The van der Waals surface area contributed by atoms with Gasteiger partial charge in [-0.05, 0) is 49.4 Å². The Morgan fingerprint density at radius 2 is 2.15 bits per heavy atom. The van der Waals surface area contributed by atoms with Crippen molar-refractivity contribution in [1.82, 2.24) is 4.90 Å². The summed E-state index contributed by atoms with van der Waals surface area (Å²) in [6.07, 6.45) is 3.10. The van der Waals surface area contributed by atoms with Crippen molar-refractivity contribution in [3.63, 3.8) is 0 Å². The standard InChI is InChI=1S/C16H21NO3/c1-12-9-16(20-10-12)7-2-8-17(11-16)15(19)13-3-5-14(18)6-4-13/h3-6,12,18H,2,7-11H2,1H3. The molecule has 4 heteroatoms. The van der Waals surface area contributed by atoms with Crippen molar-refractivity contribution in [2.45, 2.75) is 31.8 Å². The Bertz CT molecular complexity index is 495. The second kappa shape index (κ2) is 5.09. The molecule has 1 aromatic carbocycles. The molecule has 4 nitrogen and oxygen atoms in total. The zero-order chi connectivity index (χ0) is 14.2. The van der Waals surface area contributed by atoms with Crippen LogP contribution in [0.5, 0.6) is 5.75 Å². The lowest BCUT2D eigenvalue weighted by Gasteiger charge is -2.39. The van der Waals surface area contributed by atoms with E-state index in [1.165, 1.54) is 0 Å². The number of nitrogens with zero attached hydrogens (tertiary/aromatic N) is 1. The average molecular weight is 275 g/mol. The minimum Gasteiger partial charge on any atom is -0.508 e. The van der Waals surface area contributed by atoms with Gasteiger partial charge in [0.25, 0.3) is 5.91 Å². The van der Waals surface area contributed by atoms with Gasteiger partial charge in [-0.2, -0.15) is 0 Å². The van der Waals surface area contributed by atoms with Gasteiger partial charge in [-0.1, -0.05) is 6.92 Å². The maximum atomic E-state index is 12.5. The van der Waals surface area contributed by atoms with Crippen LogP contribution in [0.15, 0.2) is 24.3 Å². The predicted molar refractivity (Wildman–Crippen MR) is 75.7 cm³/mol. The van der Waals surface area contributed by atoms with Crippen molar-refractivity contribution < 1.29 is 14.6 Å². The van der Waals surface area contributed by atoms with Gasteiger partial charge in [0, 0.05) is 18.7 Å². The van der Waals surface area contributed by atoms with Gasteiger partial charge in [0.05, 0.1) is 12.2 Å². The molecule has 2 unspecified atom stereocenters. The lowest BCUT2D eigenvalue weighted by Crippen LogP contribution is -2.50. The van der Waals surface area contributed by atoms with E-state index in [-0.39, 0.29) is 17.3 Å². The van der Waals surface area contributed by atoms with E-state index in [9.17, 15) is 9.90 Å². The summed E-state index contributed by atoms with van der Waals surface area (Å²) < 4.78 is 6.00. The number of benzene rings is 1. The maximum absolute atomic E-state index is 12.5. The van der Waals surface area contributed by atoms with E-state index in [0.717, 1.165) is 32.4 Å². The van der Waals surface area contributed by atoms with Crippen molar-refractivity contribution in [2.24, 2.45) is 5.92 Å². The molecular weight excluding hydrogens is 254 g/mol. The second-order valence-electron chi connectivity index (χ2n) is 6.18. The van der Waals surface area contributed by atoms with Crippen LogP contribution >= 0.6 is 0 Å². The van der Waals surface area contributed by atoms with E-state index in [0.29, 0.717) is 18.0 Å².